The van der Waals surface area contributed by atoms with Gasteiger partial charge in [0.15, 0.2) is 0 Å². The molecule has 1 unspecified atom stereocenters. The van der Waals surface area contributed by atoms with Crippen molar-refractivity contribution in [2.45, 2.75) is 6.04 Å². The molecule has 1 aliphatic heterocycles. The molecule has 21 heavy (non-hydrogen) atoms. The van der Waals surface area contributed by atoms with Crippen LogP contribution in [0.25, 0.3) is 11.0 Å². The summed E-state index contributed by atoms with van der Waals surface area (Å²) in [6.07, 6.45) is 0. The number of aryl methyl sites for hydroxylation is 2. The van der Waals surface area contributed by atoms with Crippen LogP contribution in [-0.4, -0.2) is 46.9 Å². The van der Waals surface area contributed by atoms with Crippen molar-refractivity contribution in [2.75, 3.05) is 32.8 Å². The van der Waals surface area contributed by atoms with Gasteiger partial charge in [0.05, 0.1) is 24.2 Å². The number of nitrogens with two attached hydrogens (primary N) is 1. The maximum absolute atomic E-state index is 12.0. The van der Waals surface area contributed by atoms with Gasteiger partial charge in [-0.3, -0.25) is 14.0 Å². The lowest BCUT2D eigenvalue weighted by molar-refractivity contribution is 0.0352. The number of nitrogens with zero attached hydrogens (tertiary/aromatic N) is 3. The minimum atomic E-state index is -0.0530. The summed E-state index contributed by atoms with van der Waals surface area (Å²) in [5.74, 6) is 0. The number of rotatable bonds is 3. The van der Waals surface area contributed by atoms with Crippen LogP contribution in [0.1, 0.15) is 11.6 Å². The molecule has 1 fully saturated rings. The predicted molar refractivity (Wildman–Crippen MR) is 82.3 cm³/mol. The fraction of sp³-hybridized carbons (Fsp3) is 0.533. The fourth-order valence-electron chi connectivity index (χ4n) is 2.92. The second kappa shape index (κ2) is 5.63. The van der Waals surface area contributed by atoms with Crippen molar-refractivity contribution in [3.05, 3.63) is 34.2 Å². The molecule has 1 atom stereocenters. The van der Waals surface area contributed by atoms with Crippen LogP contribution in [0, 0.1) is 0 Å². The van der Waals surface area contributed by atoms with Gasteiger partial charge in [0.25, 0.3) is 0 Å². The van der Waals surface area contributed by atoms with Crippen LogP contribution in [0.2, 0.25) is 0 Å². The van der Waals surface area contributed by atoms with Crippen molar-refractivity contribution in [1.29, 1.82) is 0 Å². The monoisotopic (exact) mass is 290 g/mol. The van der Waals surface area contributed by atoms with E-state index in [4.69, 9.17) is 10.5 Å². The van der Waals surface area contributed by atoms with Gasteiger partial charge < -0.3 is 10.5 Å². The van der Waals surface area contributed by atoms with Gasteiger partial charge in [0, 0.05) is 39.8 Å². The average Bonchev–Trinajstić information content (AvgIpc) is 2.73. The van der Waals surface area contributed by atoms with E-state index in [2.05, 4.69) is 4.90 Å². The largest absolute Gasteiger partial charge is 0.379 e. The van der Waals surface area contributed by atoms with E-state index in [1.807, 2.05) is 18.2 Å². The van der Waals surface area contributed by atoms with Crippen molar-refractivity contribution in [3.63, 3.8) is 0 Å². The van der Waals surface area contributed by atoms with Crippen molar-refractivity contribution >= 4 is 11.0 Å². The van der Waals surface area contributed by atoms with E-state index in [1.165, 1.54) is 0 Å². The molecule has 0 spiro atoms. The minimum Gasteiger partial charge on any atom is -0.379 e. The second-order valence-corrected chi connectivity index (χ2v) is 5.67. The summed E-state index contributed by atoms with van der Waals surface area (Å²) >= 11 is 0. The molecule has 2 aromatic rings. The van der Waals surface area contributed by atoms with Crippen LogP contribution in [0.15, 0.2) is 23.0 Å². The zero-order valence-corrected chi connectivity index (χ0v) is 12.6. The van der Waals surface area contributed by atoms with E-state index in [1.54, 1.807) is 23.2 Å². The quantitative estimate of drug-likeness (QED) is 0.877. The number of fused-ring (bicyclic) bond motifs is 1. The van der Waals surface area contributed by atoms with Crippen molar-refractivity contribution in [3.8, 4) is 0 Å². The van der Waals surface area contributed by atoms with Crippen LogP contribution in [-0.2, 0) is 18.8 Å². The van der Waals surface area contributed by atoms with E-state index in [0.29, 0.717) is 0 Å². The lowest BCUT2D eigenvalue weighted by Gasteiger charge is -2.29. The second-order valence-electron chi connectivity index (χ2n) is 5.67. The predicted octanol–water partition coefficient (Wildman–Crippen LogP) is 0.209. The summed E-state index contributed by atoms with van der Waals surface area (Å²) in [7, 11) is 3.58. The maximum atomic E-state index is 12.0. The number of ether oxygens (including phenoxy) is 1. The number of benzene rings is 1. The normalized spacial score (nSPS) is 18.2. The highest BCUT2D eigenvalue weighted by atomic mass is 16.5. The number of imidazole rings is 1. The molecule has 3 rings (SSSR count). The van der Waals surface area contributed by atoms with E-state index in [-0.39, 0.29) is 11.7 Å². The highest BCUT2D eigenvalue weighted by molar-refractivity contribution is 5.77. The molecule has 1 aromatic carbocycles. The van der Waals surface area contributed by atoms with Crippen LogP contribution in [0.5, 0.6) is 0 Å². The van der Waals surface area contributed by atoms with Gasteiger partial charge in [-0.05, 0) is 17.7 Å². The molecule has 0 amide bonds. The van der Waals surface area contributed by atoms with Gasteiger partial charge in [-0.25, -0.2) is 4.79 Å². The van der Waals surface area contributed by atoms with Gasteiger partial charge in [0.2, 0.25) is 0 Å². The summed E-state index contributed by atoms with van der Waals surface area (Å²) in [6, 6.07) is 5.97. The smallest absolute Gasteiger partial charge is 0.328 e. The van der Waals surface area contributed by atoms with Gasteiger partial charge in [-0.1, -0.05) is 6.07 Å². The Kier molecular flexibility index (Phi) is 3.84. The molecule has 0 saturated carbocycles. The topological polar surface area (TPSA) is 65.4 Å². The zero-order valence-electron chi connectivity index (χ0n) is 12.6. The third kappa shape index (κ3) is 2.62. The number of hydrogen-bond donors (Lipinski definition) is 1. The van der Waals surface area contributed by atoms with E-state index >= 15 is 0 Å². The maximum Gasteiger partial charge on any atom is 0.328 e. The summed E-state index contributed by atoms with van der Waals surface area (Å²) in [6.45, 7) is 4.23. The zero-order chi connectivity index (χ0) is 15.0. The third-order valence-electron chi connectivity index (χ3n) is 4.28. The van der Waals surface area contributed by atoms with Crippen molar-refractivity contribution in [2.24, 2.45) is 19.8 Å². The Labute approximate surface area is 123 Å². The summed E-state index contributed by atoms with van der Waals surface area (Å²) in [5, 5.41) is 0. The Morgan fingerprint density at radius 1 is 1.19 bits per heavy atom. The Morgan fingerprint density at radius 3 is 2.57 bits per heavy atom. The summed E-state index contributed by atoms with van der Waals surface area (Å²) in [5.41, 5.74) is 9.25. The lowest BCUT2D eigenvalue weighted by atomic mass is 10.1. The molecule has 6 nitrogen and oxygen atoms in total. The van der Waals surface area contributed by atoms with E-state index in [0.717, 1.165) is 49.4 Å². The highest BCUT2D eigenvalue weighted by Crippen LogP contribution is 2.19. The van der Waals surface area contributed by atoms with Gasteiger partial charge in [-0.15, -0.1) is 0 Å². The first-order valence-electron chi connectivity index (χ1n) is 7.29. The Balaban J connectivity index is 1.86. The van der Waals surface area contributed by atoms with Crippen LogP contribution in [0.3, 0.4) is 0 Å². The molecule has 6 heteroatoms. The Hall–Kier alpha value is -1.63. The van der Waals surface area contributed by atoms with Gasteiger partial charge in [0.1, 0.15) is 0 Å². The highest BCUT2D eigenvalue weighted by Gasteiger charge is 2.16. The molecule has 2 N–H and O–H groups in total. The molecule has 0 aliphatic carbocycles. The average molecular weight is 290 g/mol. The van der Waals surface area contributed by atoms with E-state index in [9.17, 15) is 4.79 Å². The van der Waals surface area contributed by atoms with Crippen molar-refractivity contribution < 1.29 is 4.74 Å². The Bertz CT molecular complexity index is 697. The number of morpholine rings is 1. The first-order valence-corrected chi connectivity index (χ1v) is 7.29. The summed E-state index contributed by atoms with van der Waals surface area (Å²) < 4.78 is 8.68. The van der Waals surface area contributed by atoms with E-state index < -0.39 is 0 Å². The molecule has 114 valence electrons. The molecule has 0 bridgehead atoms. The number of aromatic nitrogens is 2. The molecule has 1 aliphatic rings. The Morgan fingerprint density at radius 2 is 1.86 bits per heavy atom. The first-order chi connectivity index (χ1) is 10.1. The summed E-state index contributed by atoms with van der Waals surface area (Å²) in [4.78, 5) is 14.3. The molecular formula is C15H22N4O2. The van der Waals surface area contributed by atoms with Gasteiger partial charge in [-0.2, -0.15) is 0 Å². The van der Waals surface area contributed by atoms with Crippen molar-refractivity contribution in [1.82, 2.24) is 14.0 Å². The standard InChI is InChI=1S/C15H22N4O2/c1-17-13-4-3-11(9-14(13)18(2)15(17)20)12(16)10-19-5-7-21-8-6-19/h3-4,9,12H,5-8,10,16H2,1-2H3. The minimum absolute atomic E-state index is 0.0103. The van der Waals surface area contributed by atoms with Gasteiger partial charge >= 0.3 is 5.69 Å². The first kappa shape index (κ1) is 14.3. The molecule has 0 radical (unpaired) electrons. The van der Waals surface area contributed by atoms with Crippen LogP contribution >= 0.6 is 0 Å². The molecule has 1 saturated heterocycles. The molecule has 2 heterocycles. The SMILES string of the molecule is Cn1c(=O)n(C)c2cc(C(N)CN3CCOCC3)ccc21. The molecular weight excluding hydrogens is 268 g/mol. The third-order valence-corrected chi connectivity index (χ3v) is 4.28. The van der Waals surface area contributed by atoms with Crippen LogP contribution < -0.4 is 11.4 Å². The number of hydrogen-bond acceptors (Lipinski definition) is 4. The van der Waals surface area contributed by atoms with Crippen LogP contribution in [0.4, 0.5) is 0 Å². The molecule has 1 aromatic heterocycles. The lowest BCUT2D eigenvalue weighted by Crippen LogP contribution is -2.40. The fourth-order valence-corrected chi connectivity index (χ4v) is 2.92.